The maximum Gasteiger partial charge on any atom is 0.414 e. The molecule has 1 aromatic heterocycles. The maximum absolute atomic E-state index is 12.0. The molecule has 0 atom stereocenters. The van der Waals surface area contributed by atoms with Crippen molar-refractivity contribution in [3.63, 3.8) is 0 Å². The molecule has 0 saturated heterocycles. The number of aromatic amines is 1. The molecule has 1 aromatic rings. The lowest BCUT2D eigenvalue weighted by molar-refractivity contribution is -0.159. The second kappa shape index (κ2) is 8.32. The van der Waals surface area contributed by atoms with Gasteiger partial charge in [-0.25, -0.2) is 19.4 Å². The first kappa shape index (κ1) is 17.8. The number of nitrogens with one attached hydrogen (secondary N) is 1. The van der Waals surface area contributed by atoms with Crippen LogP contribution in [0.1, 0.15) is 37.1 Å². The summed E-state index contributed by atoms with van der Waals surface area (Å²) in [6, 6.07) is 0. The van der Waals surface area contributed by atoms with E-state index in [2.05, 4.69) is 9.97 Å². The zero-order chi connectivity index (χ0) is 17.5. The Balaban J connectivity index is 0.000000301. The first-order valence-electron chi connectivity index (χ1n) is 7.86. The van der Waals surface area contributed by atoms with Crippen molar-refractivity contribution in [2.24, 2.45) is 5.92 Å². The molecule has 1 aliphatic carbocycles. The van der Waals surface area contributed by atoms with E-state index in [-0.39, 0.29) is 6.09 Å². The highest BCUT2D eigenvalue weighted by Crippen LogP contribution is 2.25. The van der Waals surface area contributed by atoms with Crippen LogP contribution >= 0.6 is 0 Å². The van der Waals surface area contributed by atoms with E-state index in [1.54, 1.807) is 11.2 Å². The third kappa shape index (κ3) is 4.97. The SMILES string of the molecule is O=C(O)C(=O)O.O=C(OCC1CCCC1)N1CCc2nc[nH]c2C1. The number of rotatable bonds is 2. The minimum Gasteiger partial charge on any atom is -0.473 e. The summed E-state index contributed by atoms with van der Waals surface area (Å²) in [5, 5.41) is 14.8. The van der Waals surface area contributed by atoms with E-state index < -0.39 is 11.9 Å². The first-order chi connectivity index (χ1) is 11.5. The third-order valence-electron chi connectivity index (χ3n) is 4.13. The molecule has 9 heteroatoms. The number of amides is 1. The lowest BCUT2D eigenvalue weighted by atomic mass is 10.1. The number of hydrogen-bond acceptors (Lipinski definition) is 5. The number of H-pyrrole nitrogens is 1. The summed E-state index contributed by atoms with van der Waals surface area (Å²) in [5.41, 5.74) is 2.12. The van der Waals surface area contributed by atoms with Crippen molar-refractivity contribution in [1.29, 1.82) is 0 Å². The van der Waals surface area contributed by atoms with Gasteiger partial charge >= 0.3 is 18.0 Å². The van der Waals surface area contributed by atoms with Crippen LogP contribution in [0.5, 0.6) is 0 Å². The summed E-state index contributed by atoms with van der Waals surface area (Å²) in [7, 11) is 0. The maximum atomic E-state index is 12.0. The number of aliphatic carboxylic acids is 2. The van der Waals surface area contributed by atoms with Crippen LogP contribution in [0.2, 0.25) is 0 Å². The van der Waals surface area contributed by atoms with Gasteiger partial charge in [0.1, 0.15) is 0 Å². The largest absolute Gasteiger partial charge is 0.473 e. The number of hydrogen-bond donors (Lipinski definition) is 3. The van der Waals surface area contributed by atoms with E-state index in [1.807, 2.05) is 0 Å². The molecule has 24 heavy (non-hydrogen) atoms. The topological polar surface area (TPSA) is 133 Å². The fourth-order valence-corrected chi connectivity index (χ4v) is 2.83. The zero-order valence-corrected chi connectivity index (χ0v) is 13.2. The molecule has 1 amide bonds. The Bertz CT molecular complexity index is 582. The summed E-state index contributed by atoms with van der Waals surface area (Å²) < 4.78 is 5.41. The molecular weight excluding hydrogens is 318 g/mol. The molecule has 132 valence electrons. The normalized spacial score (nSPS) is 16.8. The zero-order valence-electron chi connectivity index (χ0n) is 13.2. The highest BCUT2D eigenvalue weighted by Gasteiger charge is 2.24. The molecule has 0 aromatic carbocycles. The van der Waals surface area contributed by atoms with Crippen molar-refractivity contribution in [1.82, 2.24) is 14.9 Å². The molecule has 0 unspecified atom stereocenters. The van der Waals surface area contributed by atoms with E-state index in [9.17, 15) is 4.79 Å². The summed E-state index contributed by atoms with van der Waals surface area (Å²) in [6.45, 7) is 1.89. The average molecular weight is 339 g/mol. The number of carbonyl (C=O) groups is 3. The van der Waals surface area contributed by atoms with Gasteiger partial charge in [-0.3, -0.25) is 0 Å². The van der Waals surface area contributed by atoms with Crippen LogP contribution in [0, 0.1) is 5.92 Å². The average Bonchev–Trinajstić information content (AvgIpc) is 3.23. The summed E-state index contributed by atoms with van der Waals surface area (Å²) in [4.78, 5) is 39.2. The fraction of sp³-hybridized carbons (Fsp3) is 0.600. The highest BCUT2D eigenvalue weighted by atomic mass is 16.6. The van der Waals surface area contributed by atoms with Crippen LogP contribution in [-0.4, -0.2) is 56.3 Å². The van der Waals surface area contributed by atoms with Crippen molar-refractivity contribution in [2.75, 3.05) is 13.2 Å². The molecule has 3 rings (SSSR count). The number of aromatic nitrogens is 2. The van der Waals surface area contributed by atoms with Gasteiger partial charge < -0.3 is 24.8 Å². The van der Waals surface area contributed by atoms with Crippen molar-refractivity contribution < 1.29 is 29.3 Å². The number of carbonyl (C=O) groups excluding carboxylic acids is 1. The Morgan fingerprint density at radius 3 is 2.54 bits per heavy atom. The van der Waals surface area contributed by atoms with E-state index in [0.29, 0.717) is 25.6 Å². The molecular formula is C15H21N3O6. The number of nitrogens with zero attached hydrogens (tertiary/aromatic N) is 2. The van der Waals surface area contributed by atoms with Gasteiger partial charge in [-0.15, -0.1) is 0 Å². The minimum absolute atomic E-state index is 0.179. The van der Waals surface area contributed by atoms with Crippen LogP contribution in [0.4, 0.5) is 4.79 Å². The van der Waals surface area contributed by atoms with Crippen LogP contribution in [0.3, 0.4) is 0 Å². The van der Waals surface area contributed by atoms with E-state index in [4.69, 9.17) is 24.5 Å². The van der Waals surface area contributed by atoms with Gasteiger partial charge in [-0.2, -0.15) is 0 Å². The first-order valence-corrected chi connectivity index (χ1v) is 7.86. The van der Waals surface area contributed by atoms with Crippen molar-refractivity contribution in [3.8, 4) is 0 Å². The number of carboxylic acid groups (broad SMARTS) is 2. The molecule has 1 saturated carbocycles. The van der Waals surface area contributed by atoms with Gasteiger partial charge in [0.2, 0.25) is 0 Å². The Kier molecular flexibility index (Phi) is 6.16. The van der Waals surface area contributed by atoms with E-state index >= 15 is 0 Å². The van der Waals surface area contributed by atoms with Crippen LogP contribution in [0.15, 0.2) is 6.33 Å². The molecule has 1 aliphatic heterocycles. The standard InChI is InChI=1S/C13H19N3O2.C2H2O4/c17-13(18-8-10-3-1-2-4-10)16-6-5-11-12(7-16)15-9-14-11;3-1(4)2(5)6/h9-10H,1-8H2,(H,14,15);(H,3,4)(H,5,6). The lowest BCUT2D eigenvalue weighted by Crippen LogP contribution is -2.37. The van der Waals surface area contributed by atoms with E-state index in [0.717, 1.165) is 17.8 Å². The molecule has 2 aliphatic rings. The lowest BCUT2D eigenvalue weighted by Gasteiger charge is -2.26. The Morgan fingerprint density at radius 2 is 1.92 bits per heavy atom. The van der Waals surface area contributed by atoms with Gasteiger partial charge in [0.05, 0.1) is 30.9 Å². The predicted molar refractivity (Wildman–Crippen MR) is 81.3 cm³/mol. The number of fused-ring (bicyclic) bond motifs is 1. The van der Waals surface area contributed by atoms with Crippen molar-refractivity contribution >= 4 is 18.0 Å². The van der Waals surface area contributed by atoms with Gasteiger partial charge in [0.25, 0.3) is 0 Å². The Labute approximate surface area is 138 Å². The summed E-state index contributed by atoms with van der Waals surface area (Å²) in [6.07, 6.45) is 7.31. The van der Waals surface area contributed by atoms with Crippen molar-refractivity contribution in [3.05, 3.63) is 17.7 Å². The molecule has 0 bridgehead atoms. The van der Waals surface area contributed by atoms with E-state index in [1.165, 1.54) is 25.7 Å². The molecule has 3 N–H and O–H groups in total. The van der Waals surface area contributed by atoms with Crippen LogP contribution in [-0.2, 0) is 27.3 Å². The second-order valence-electron chi connectivity index (χ2n) is 5.84. The van der Waals surface area contributed by atoms with Crippen LogP contribution < -0.4 is 0 Å². The van der Waals surface area contributed by atoms with Crippen LogP contribution in [0.25, 0.3) is 0 Å². The van der Waals surface area contributed by atoms with Gasteiger partial charge in [-0.05, 0) is 18.8 Å². The minimum atomic E-state index is -1.82. The Hall–Kier alpha value is -2.58. The highest BCUT2D eigenvalue weighted by molar-refractivity contribution is 6.27. The second-order valence-corrected chi connectivity index (χ2v) is 5.84. The third-order valence-corrected chi connectivity index (χ3v) is 4.13. The number of ether oxygens (including phenoxy) is 1. The molecule has 0 radical (unpaired) electrons. The fourth-order valence-electron chi connectivity index (χ4n) is 2.83. The smallest absolute Gasteiger partial charge is 0.414 e. The summed E-state index contributed by atoms with van der Waals surface area (Å²) >= 11 is 0. The van der Waals surface area contributed by atoms with Gasteiger partial charge in [0.15, 0.2) is 0 Å². The quantitative estimate of drug-likeness (QED) is 0.691. The number of carboxylic acids is 2. The molecule has 0 spiro atoms. The summed E-state index contributed by atoms with van der Waals surface area (Å²) in [5.74, 6) is -3.06. The molecule has 9 nitrogen and oxygen atoms in total. The van der Waals surface area contributed by atoms with Gasteiger partial charge in [-0.1, -0.05) is 12.8 Å². The Morgan fingerprint density at radius 1 is 1.25 bits per heavy atom. The predicted octanol–water partition coefficient (Wildman–Crippen LogP) is 1.25. The molecule has 2 heterocycles. The van der Waals surface area contributed by atoms with Gasteiger partial charge in [0, 0.05) is 13.0 Å². The monoisotopic (exact) mass is 339 g/mol. The number of imidazole rings is 1. The van der Waals surface area contributed by atoms with Crippen molar-refractivity contribution in [2.45, 2.75) is 38.6 Å². The molecule has 1 fully saturated rings.